The smallest absolute Gasteiger partial charge is 0.309 e. The zero-order valence-electron chi connectivity index (χ0n) is 3.69. The van der Waals surface area contributed by atoms with Gasteiger partial charge in [-0.05, 0) is 0 Å². The number of alkyl halides is 1. The fourth-order valence-electron chi connectivity index (χ4n) is 0.448. The van der Waals surface area contributed by atoms with E-state index in [0.717, 1.165) is 4.43 Å². The summed E-state index contributed by atoms with van der Waals surface area (Å²) < 4.78 is 5.58. The SMILES string of the molecule is O=C1CC(CI)O1. The summed E-state index contributed by atoms with van der Waals surface area (Å²) in [7, 11) is 0. The molecule has 0 N–H and O–H groups in total. The van der Waals surface area contributed by atoms with E-state index in [9.17, 15) is 4.79 Å². The van der Waals surface area contributed by atoms with Gasteiger partial charge in [-0.3, -0.25) is 4.79 Å². The van der Waals surface area contributed by atoms with Crippen LogP contribution in [0.5, 0.6) is 0 Å². The molecule has 1 aliphatic heterocycles. The molecular formula is C4H5IO2. The van der Waals surface area contributed by atoms with Crippen molar-refractivity contribution in [3.63, 3.8) is 0 Å². The van der Waals surface area contributed by atoms with Crippen molar-refractivity contribution in [1.29, 1.82) is 0 Å². The van der Waals surface area contributed by atoms with E-state index < -0.39 is 0 Å². The average molecular weight is 212 g/mol. The van der Waals surface area contributed by atoms with Gasteiger partial charge in [-0.2, -0.15) is 0 Å². The van der Waals surface area contributed by atoms with Gasteiger partial charge in [0.2, 0.25) is 0 Å². The molecule has 3 heteroatoms. The molecule has 0 aromatic heterocycles. The van der Waals surface area contributed by atoms with E-state index in [4.69, 9.17) is 0 Å². The Morgan fingerprint density at radius 1 is 2.00 bits per heavy atom. The Morgan fingerprint density at radius 3 is 2.71 bits per heavy atom. The van der Waals surface area contributed by atoms with Crippen LogP contribution in [0.3, 0.4) is 0 Å². The first-order valence-corrected chi connectivity index (χ1v) is 3.61. The lowest BCUT2D eigenvalue weighted by Crippen LogP contribution is -2.33. The maximum atomic E-state index is 10.0. The van der Waals surface area contributed by atoms with E-state index in [0.29, 0.717) is 6.42 Å². The molecule has 1 fully saturated rings. The number of cyclic esters (lactones) is 1. The monoisotopic (exact) mass is 212 g/mol. The number of esters is 1. The van der Waals surface area contributed by atoms with Gasteiger partial charge >= 0.3 is 5.97 Å². The Kier molecular flexibility index (Phi) is 1.51. The highest BCUT2D eigenvalue weighted by atomic mass is 127. The number of carbonyl (C=O) groups excluding carboxylic acids is 1. The van der Waals surface area contributed by atoms with Crippen LogP contribution in [0.4, 0.5) is 0 Å². The summed E-state index contributed by atoms with van der Waals surface area (Å²) in [6, 6.07) is 0. The maximum absolute atomic E-state index is 10.0. The second kappa shape index (κ2) is 1.98. The van der Waals surface area contributed by atoms with Gasteiger partial charge in [0.1, 0.15) is 6.10 Å². The molecule has 0 amide bonds. The minimum Gasteiger partial charge on any atom is -0.461 e. The summed E-state index contributed by atoms with van der Waals surface area (Å²) in [5.41, 5.74) is 0. The molecule has 0 bridgehead atoms. The molecule has 0 aromatic carbocycles. The molecule has 1 heterocycles. The number of halogens is 1. The van der Waals surface area contributed by atoms with Crippen molar-refractivity contribution >= 4 is 28.6 Å². The lowest BCUT2D eigenvalue weighted by atomic mass is 10.2. The third-order valence-corrected chi connectivity index (χ3v) is 1.85. The Labute approximate surface area is 55.4 Å². The van der Waals surface area contributed by atoms with Crippen molar-refractivity contribution in [1.82, 2.24) is 0 Å². The number of carbonyl (C=O) groups is 1. The molecule has 0 spiro atoms. The van der Waals surface area contributed by atoms with E-state index in [2.05, 4.69) is 27.3 Å². The van der Waals surface area contributed by atoms with Gasteiger partial charge in [-0.1, -0.05) is 22.6 Å². The molecule has 1 rings (SSSR count). The van der Waals surface area contributed by atoms with Crippen molar-refractivity contribution in [3.05, 3.63) is 0 Å². The van der Waals surface area contributed by atoms with Crippen molar-refractivity contribution in [3.8, 4) is 0 Å². The van der Waals surface area contributed by atoms with E-state index in [1.54, 1.807) is 0 Å². The molecule has 1 unspecified atom stereocenters. The lowest BCUT2D eigenvalue weighted by molar-refractivity contribution is -0.166. The molecule has 7 heavy (non-hydrogen) atoms. The van der Waals surface area contributed by atoms with Crippen LogP contribution in [0.2, 0.25) is 0 Å². The fraction of sp³-hybridized carbons (Fsp3) is 0.750. The second-order valence-electron chi connectivity index (χ2n) is 1.47. The van der Waals surface area contributed by atoms with Gasteiger partial charge in [0.25, 0.3) is 0 Å². The normalized spacial score (nSPS) is 28.7. The summed E-state index contributed by atoms with van der Waals surface area (Å²) in [4.78, 5) is 10.0. The molecule has 0 saturated carbocycles. The topological polar surface area (TPSA) is 26.3 Å². The van der Waals surface area contributed by atoms with Crippen molar-refractivity contribution in [2.75, 3.05) is 4.43 Å². The van der Waals surface area contributed by atoms with E-state index in [1.807, 2.05) is 0 Å². The van der Waals surface area contributed by atoms with Crippen LogP contribution in [0.25, 0.3) is 0 Å². The molecule has 1 saturated heterocycles. The van der Waals surface area contributed by atoms with Crippen LogP contribution < -0.4 is 0 Å². The van der Waals surface area contributed by atoms with Gasteiger partial charge < -0.3 is 4.74 Å². The van der Waals surface area contributed by atoms with Gasteiger partial charge in [0, 0.05) is 4.43 Å². The second-order valence-corrected chi connectivity index (χ2v) is 2.35. The van der Waals surface area contributed by atoms with Crippen molar-refractivity contribution < 1.29 is 9.53 Å². The Bertz CT molecular complexity index is 83.7. The average Bonchev–Trinajstić information content (AvgIpc) is 1.58. The summed E-state index contributed by atoms with van der Waals surface area (Å²) >= 11 is 2.20. The number of rotatable bonds is 1. The molecular weight excluding hydrogens is 207 g/mol. The van der Waals surface area contributed by atoms with E-state index in [-0.39, 0.29) is 12.1 Å². The zero-order valence-corrected chi connectivity index (χ0v) is 5.84. The number of hydrogen-bond donors (Lipinski definition) is 0. The van der Waals surface area contributed by atoms with E-state index in [1.165, 1.54) is 0 Å². The number of ether oxygens (including phenoxy) is 1. The Balaban J connectivity index is 2.17. The Morgan fingerprint density at radius 2 is 2.57 bits per heavy atom. The summed E-state index contributed by atoms with van der Waals surface area (Å²) in [5.74, 6) is -0.0540. The Hall–Kier alpha value is 0.200. The fourth-order valence-corrected chi connectivity index (χ4v) is 0.939. The summed E-state index contributed by atoms with van der Waals surface area (Å²) in [5, 5.41) is 0. The highest BCUT2D eigenvalue weighted by Gasteiger charge is 2.26. The number of hydrogen-bond acceptors (Lipinski definition) is 2. The van der Waals surface area contributed by atoms with Crippen LogP contribution in [0.15, 0.2) is 0 Å². The van der Waals surface area contributed by atoms with Crippen LogP contribution in [-0.2, 0) is 9.53 Å². The van der Waals surface area contributed by atoms with Gasteiger partial charge in [0.05, 0.1) is 6.42 Å². The minimum absolute atomic E-state index is 0.0540. The first-order valence-electron chi connectivity index (χ1n) is 2.08. The molecule has 40 valence electrons. The maximum Gasteiger partial charge on any atom is 0.309 e. The largest absolute Gasteiger partial charge is 0.461 e. The predicted octanol–water partition coefficient (Wildman–Crippen LogP) is 0.737. The van der Waals surface area contributed by atoms with Crippen molar-refractivity contribution in [2.24, 2.45) is 0 Å². The quantitative estimate of drug-likeness (QED) is 0.364. The summed E-state index contributed by atoms with van der Waals surface area (Å²) in [6.45, 7) is 0. The first-order chi connectivity index (χ1) is 3.33. The van der Waals surface area contributed by atoms with E-state index >= 15 is 0 Å². The van der Waals surface area contributed by atoms with Crippen LogP contribution in [0, 0.1) is 0 Å². The van der Waals surface area contributed by atoms with Crippen molar-refractivity contribution in [2.45, 2.75) is 12.5 Å². The lowest BCUT2D eigenvalue weighted by Gasteiger charge is -2.22. The highest BCUT2D eigenvalue weighted by Crippen LogP contribution is 2.14. The molecule has 0 aliphatic carbocycles. The zero-order chi connectivity index (χ0) is 5.28. The third kappa shape index (κ3) is 1.05. The summed E-state index contributed by atoms with van der Waals surface area (Å²) in [6.07, 6.45) is 0.858. The van der Waals surface area contributed by atoms with Crippen LogP contribution in [-0.4, -0.2) is 16.5 Å². The molecule has 0 aromatic rings. The van der Waals surface area contributed by atoms with Crippen LogP contribution in [0.1, 0.15) is 6.42 Å². The molecule has 0 radical (unpaired) electrons. The highest BCUT2D eigenvalue weighted by molar-refractivity contribution is 14.1. The van der Waals surface area contributed by atoms with Gasteiger partial charge in [0.15, 0.2) is 0 Å². The molecule has 1 atom stereocenters. The standard InChI is InChI=1S/C4H5IO2/c5-2-3-1-4(6)7-3/h3H,1-2H2. The first kappa shape index (κ1) is 5.34. The molecule has 1 aliphatic rings. The van der Waals surface area contributed by atoms with Gasteiger partial charge in [-0.25, -0.2) is 0 Å². The van der Waals surface area contributed by atoms with Gasteiger partial charge in [-0.15, -0.1) is 0 Å². The van der Waals surface area contributed by atoms with Crippen LogP contribution >= 0.6 is 22.6 Å². The third-order valence-electron chi connectivity index (χ3n) is 0.865. The molecule has 2 nitrogen and oxygen atoms in total. The minimum atomic E-state index is -0.0540. The predicted molar refractivity (Wildman–Crippen MR) is 33.4 cm³/mol.